The van der Waals surface area contributed by atoms with Gasteiger partial charge in [-0.15, -0.1) is 0 Å². The Labute approximate surface area is 68.5 Å². The van der Waals surface area contributed by atoms with Crippen LogP contribution in [0.1, 0.15) is 12.8 Å². The average molecular weight is 154 g/mol. The lowest BCUT2D eigenvalue weighted by Gasteiger charge is -2.47. The van der Waals surface area contributed by atoms with Crippen molar-refractivity contribution >= 4 is 0 Å². The Morgan fingerprint density at radius 3 is 2.27 bits per heavy atom. The fourth-order valence-corrected chi connectivity index (χ4v) is 2.10. The van der Waals surface area contributed by atoms with E-state index in [1.165, 1.54) is 25.9 Å². The topological polar surface area (TPSA) is 12.5 Å². The highest BCUT2D eigenvalue weighted by Gasteiger charge is 2.29. The first-order chi connectivity index (χ1) is 5.36. The number of nitrogens with zero attached hydrogens (tertiary/aromatic N) is 1. The number of likely N-dealkylation sites (tertiary alicyclic amines) is 1. The maximum atomic E-state index is 5.32. The quantitative estimate of drug-likeness (QED) is 0.525. The van der Waals surface area contributed by atoms with E-state index in [-0.39, 0.29) is 0 Å². The van der Waals surface area contributed by atoms with Gasteiger partial charge in [0.1, 0.15) is 0 Å². The molecule has 0 atom stereocenters. The van der Waals surface area contributed by atoms with Gasteiger partial charge >= 0.3 is 0 Å². The smallest absolute Gasteiger partial charge is 0.0468 e. The third-order valence-electron chi connectivity index (χ3n) is 2.92. The molecule has 0 N–H and O–H groups in total. The number of hydrogen-bond acceptors (Lipinski definition) is 2. The molecule has 0 saturated carbocycles. The largest absolute Gasteiger partial charge is 0.459 e. The zero-order chi connectivity index (χ0) is 7.68. The summed E-state index contributed by atoms with van der Waals surface area (Å²) < 4.78 is 5.32. The molecular formula is C9H16NO-. The van der Waals surface area contributed by atoms with Gasteiger partial charge in [-0.3, -0.25) is 7.05 Å². The van der Waals surface area contributed by atoms with Crippen LogP contribution in [0.15, 0.2) is 0 Å². The summed E-state index contributed by atoms with van der Waals surface area (Å²) in [7, 11) is 3.89. The van der Waals surface area contributed by atoms with E-state index in [1.807, 2.05) is 0 Å². The molecule has 0 aromatic carbocycles. The minimum atomic E-state index is 0.927. The van der Waals surface area contributed by atoms with Crippen LogP contribution in [0.4, 0.5) is 0 Å². The highest BCUT2D eigenvalue weighted by atomic mass is 16.5. The molecule has 2 rings (SSSR count). The van der Waals surface area contributed by atoms with Crippen molar-refractivity contribution in [2.24, 2.45) is 11.8 Å². The molecule has 2 saturated heterocycles. The van der Waals surface area contributed by atoms with Crippen LogP contribution in [0.25, 0.3) is 0 Å². The number of hydrogen-bond donors (Lipinski definition) is 0. The molecule has 0 aromatic heterocycles. The molecule has 2 aliphatic rings. The van der Waals surface area contributed by atoms with Gasteiger partial charge in [-0.05, 0) is 37.8 Å². The summed E-state index contributed by atoms with van der Waals surface area (Å²) in [4.78, 5) is 2.15. The summed E-state index contributed by atoms with van der Waals surface area (Å²) in [6, 6.07) is 0. The van der Waals surface area contributed by atoms with Gasteiger partial charge in [0.15, 0.2) is 0 Å². The van der Waals surface area contributed by atoms with E-state index in [9.17, 15) is 0 Å². The van der Waals surface area contributed by atoms with E-state index in [0.29, 0.717) is 0 Å². The van der Waals surface area contributed by atoms with Gasteiger partial charge in [-0.1, -0.05) is 0 Å². The lowest BCUT2D eigenvalue weighted by Crippen LogP contribution is -2.47. The lowest BCUT2D eigenvalue weighted by molar-refractivity contribution is 0.00801. The maximum absolute atomic E-state index is 5.32. The first-order valence-corrected chi connectivity index (χ1v) is 4.49. The van der Waals surface area contributed by atoms with Crippen molar-refractivity contribution in [1.82, 2.24) is 4.90 Å². The Morgan fingerprint density at radius 2 is 1.73 bits per heavy atom. The first-order valence-electron chi connectivity index (χ1n) is 4.49. The molecule has 64 valence electrons. The molecule has 2 fully saturated rings. The Balaban J connectivity index is 1.76. The van der Waals surface area contributed by atoms with Crippen LogP contribution in [0.2, 0.25) is 0 Å². The monoisotopic (exact) mass is 154 g/mol. The van der Waals surface area contributed by atoms with E-state index in [1.54, 1.807) is 0 Å². The fourth-order valence-electron chi connectivity index (χ4n) is 2.10. The summed E-state index contributed by atoms with van der Waals surface area (Å²) >= 11 is 0. The normalized spacial score (nSPS) is 30.3. The second-order valence-corrected chi connectivity index (χ2v) is 3.75. The van der Waals surface area contributed by atoms with E-state index in [2.05, 4.69) is 11.9 Å². The Hall–Kier alpha value is -0.0800. The van der Waals surface area contributed by atoms with Gasteiger partial charge in [0.2, 0.25) is 0 Å². The average Bonchev–Trinajstić information content (AvgIpc) is 2.01. The van der Waals surface area contributed by atoms with E-state index in [0.717, 1.165) is 25.0 Å². The highest BCUT2D eigenvalue weighted by molar-refractivity contribution is 4.85. The molecular weight excluding hydrogens is 138 g/mol. The molecule has 0 bridgehead atoms. The van der Waals surface area contributed by atoms with Crippen LogP contribution in [0.5, 0.6) is 0 Å². The Morgan fingerprint density at radius 1 is 1.09 bits per heavy atom. The summed E-state index contributed by atoms with van der Waals surface area (Å²) in [5.74, 6) is 1.86. The minimum absolute atomic E-state index is 0.927. The van der Waals surface area contributed by atoms with Crippen molar-refractivity contribution in [2.45, 2.75) is 12.8 Å². The molecule has 0 aliphatic carbocycles. The molecule has 0 radical (unpaired) electrons. The van der Waals surface area contributed by atoms with E-state index >= 15 is 0 Å². The van der Waals surface area contributed by atoms with Crippen LogP contribution in [-0.4, -0.2) is 31.2 Å². The zero-order valence-corrected chi connectivity index (χ0v) is 6.96. The summed E-state index contributed by atoms with van der Waals surface area (Å²) in [6.45, 7) is 4.39. The van der Waals surface area contributed by atoms with Crippen LogP contribution >= 0.6 is 0 Å². The van der Waals surface area contributed by atoms with Gasteiger partial charge in [0.25, 0.3) is 0 Å². The molecule has 0 spiro atoms. The maximum Gasteiger partial charge on any atom is 0.0468 e. The summed E-state index contributed by atoms with van der Waals surface area (Å²) in [5.41, 5.74) is 0. The predicted molar refractivity (Wildman–Crippen MR) is 44.0 cm³/mol. The predicted octanol–water partition coefficient (Wildman–Crippen LogP) is 1.14. The third kappa shape index (κ3) is 1.57. The van der Waals surface area contributed by atoms with Gasteiger partial charge in [0, 0.05) is 13.2 Å². The van der Waals surface area contributed by atoms with Gasteiger partial charge in [-0.2, -0.15) is 0 Å². The second-order valence-electron chi connectivity index (χ2n) is 3.75. The van der Waals surface area contributed by atoms with Crippen LogP contribution in [0, 0.1) is 18.9 Å². The van der Waals surface area contributed by atoms with Crippen LogP contribution in [0.3, 0.4) is 0 Å². The molecule has 0 unspecified atom stereocenters. The van der Waals surface area contributed by atoms with Crippen LogP contribution in [-0.2, 0) is 4.74 Å². The highest BCUT2D eigenvalue weighted by Crippen LogP contribution is 2.30. The van der Waals surface area contributed by atoms with Crippen molar-refractivity contribution < 1.29 is 4.74 Å². The summed E-state index contributed by atoms with van der Waals surface area (Å²) in [6.07, 6.45) is 2.55. The number of rotatable bonds is 1. The van der Waals surface area contributed by atoms with Gasteiger partial charge < -0.3 is 9.64 Å². The molecule has 2 nitrogen and oxygen atoms in total. The third-order valence-corrected chi connectivity index (χ3v) is 2.92. The van der Waals surface area contributed by atoms with E-state index < -0.39 is 0 Å². The van der Waals surface area contributed by atoms with Crippen LogP contribution < -0.4 is 0 Å². The molecule has 0 aromatic rings. The van der Waals surface area contributed by atoms with Crippen molar-refractivity contribution in [3.63, 3.8) is 0 Å². The van der Waals surface area contributed by atoms with Gasteiger partial charge in [0.05, 0.1) is 0 Å². The zero-order valence-electron chi connectivity index (χ0n) is 6.96. The van der Waals surface area contributed by atoms with Crippen molar-refractivity contribution in [1.29, 1.82) is 0 Å². The molecule has 2 aliphatic heterocycles. The van der Waals surface area contributed by atoms with Crippen molar-refractivity contribution in [3.8, 4) is 0 Å². The standard InChI is InChI=1S/C9H16NO/c1-10-6-9(7-10)8-2-4-11-5-3-8/h8-9H,1-7H2/q-1. The van der Waals surface area contributed by atoms with Gasteiger partial charge in [-0.25, -0.2) is 0 Å². The first kappa shape index (κ1) is 7.56. The Kier molecular flexibility index (Phi) is 2.14. The number of ether oxygens (including phenoxy) is 1. The molecule has 2 heterocycles. The second kappa shape index (κ2) is 3.11. The SMILES string of the molecule is [CH2-]N1CC(C2CCOCC2)C1. The van der Waals surface area contributed by atoms with Crippen molar-refractivity contribution in [2.75, 3.05) is 26.3 Å². The fraction of sp³-hybridized carbons (Fsp3) is 0.889. The van der Waals surface area contributed by atoms with Crippen molar-refractivity contribution in [3.05, 3.63) is 7.05 Å². The molecule has 11 heavy (non-hydrogen) atoms. The Bertz CT molecular complexity index is 126. The molecule has 2 heteroatoms. The molecule has 0 amide bonds. The van der Waals surface area contributed by atoms with E-state index in [4.69, 9.17) is 4.74 Å². The minimum Gasteiger partial charge on any atom is -0.459 e. The summed E-state index contributed by atoms with van der Waals surface area (Å²) in [5, 5.41) is 0. The lowest BCUT2D eigenvalue weighted by atomic mass is 9.81.